The zero-order valence-electron chi connectivity index (χ0n) is 10.1. The van der Waals surface area contributed by atoms with Crippen molar-refractivity contribution < 1.29 is 9.90 Å². The second kappa shape index (κ2) is 5.28. The molecule has 3 nitrogen and oxygen atoms in total. The Balaban J connectivity index is 2.53. The summed E-state index contributed by atoms with van der Waals surface area (Å²) in [5.74, 6) is -0.580. The van der Waals surface area contributed by atoms with Gasteiger partial charge in [-0.05, 0) is 39.4 Å². The minimum absolute atomic E-state index is 0.0578. The first kappa shape index (κ1) is 13.4. The first-order chi connectivity index (χ1) is 8.50. The van der Waals surface area contributed by atoms with Crippen LogP contribution in [0.2, 0.25) is 0 Å². The summed E-state index contributed by atoms with van der Waals surface area (Å²) in [6, 6.07) is 5.75. The molecule has 1 unspecified atom stereocenters. The zero-order chi connectivity index (χ0) is 13.3. The third-order valence-electron chi connectivity index (χ3n) is 2.80. The number of aromatic carboxylic acids is 1. The topological polar surface area (TPSA) is 42.2 Å². The van der Waals surface area contributed by atoms with Crippen LogP contribution in [-0.2, 0) is 0 Å². The van der Waals surface area contributed by atoms with Crippen LogP contribution >= 0.6 is 27.3 Å². The smallest absolute Gasteiger partial charge is 0.352 e. The van der Waals surface area contributed by atoms with Gasteiger partial charge in [0.25, 0.3) is 0 Å². The Kier molecular flexibility index (Phi) is 3.92. The van der Waals surface area contributed by atoms with Gasteiger partial charge in [0.2, 0.25) is 0 Å². The molecule has 0 aliphatic carbocycles. The van der Waals surface area contributed by atoms with E-state index in [1.165, 1.54) is 4.88 Å². The highest BCUT2D eigenvalue weighted by Gasteiger charge is 2.24. The Morgan fingerprint density at radius 1 is 1.50 bits per heavy atom. The molecule has 96 valence electrons. The lowest BCUT2D eigenvalue weighted by Crippen LogP contribution is -2.19. The van der Waals surface area contributed by atoms with Gasteiger partial charge < -0.3 is 9.67 Å². The molecule has 5 heteroatoms. The molecule has 0 fully saturated rings. The molecule has 0 spiro atoms. The number of hydrogen-bond donors (Lipinski definition) is 1. The summed E-state index contributed by atoms with van der Waals surface area (Å²) in [5, 5.41) is 11.3. The van der Waals surface area contributed by atoms with Gasteiger partial charge in [-0.25, -0.2) is 4.79 Å². The standard InChI is InChI=1S/C13H14BrNO2S/c1-8(2)12(11-4-3-5-18-11)15-7-9(14)6-10(15)13(16)17/h3-8,12H,1-2H3,(H,16,17). The van der Waals surface area contributed by atoms with E-state index in [0.29, 0.717) is 11.6 Å². The molecule has 0 radical (unpaired) electrons. The maximum atomic E-state index is 11.3. The summed E-state index contributed by atoms with van der Waals surface area (Å²) < 4.78 is 2.63. The summed E-state index contributed by atoms with van der Waals surface area (Å²) in [7, 11) is 0. The molecule has 0 bridgehead atoms. The Morgan fingerprint density at radius 2 is 2.22 bits per heavy atom. The summed E-state index contributed by atoms with van der Waals surface area (Å²) in [6.45, 7) is 4.20. The normalized spacial score (nSPS) is 12.9. The van der Waals surface area contributed by atoms with Crippen LogP contribution in [0.1, 0.15) is 35.3 Å². The van der Waals surface area contributed by atoms with E-state index < -0.39 is 5.97 Å². The van der Waals surface area contributed by atoms with Crippen molar-refractivity contribution in [2.45, 2.75) is 19.9 Å². The predicted octanol–water partition coefficient (Wildman–Crippen LogP) is 4.26. The molecule has 0 saturated heterocycles. The molecule has 18 heavy (non-hydrogen) atoms. The average molecular weight is 328 g/mol. The number of rotatable bonds is 4. The zero-order valence-corrected chi connectivity index (χ0v) is 12.5. The number of thiophene rings is 1. The number of nitrogens with zero attached hydrogens (tertiary/aromatic N) is 1. The second-order valence-corrected chi connectivity index (χ2v) is 6.36. The van der Waals surface area contributed by atoms with Gasteiger partial charge in [0.05, 0.1) is 6.04 Å². The minimum atomic E-state index is -0.900. The summed E-state index contributed by atoms with van der Waals surface area (Å²) in [5.41, 5.74) is 0.314. The van der Waals surface area contributed by atoms with Crippen molar-refractivity contribution >= 4 is 33.2 Å². The van der Waals surface area contributed by atoms with Crippen molar-refractivity contribution in [2.24, 2.45) is 5.92 Å². The number of carboxylic acid groups (broad SMARTS) is 1. The van der Waals surface area contributed by atoms with Crippen molar-refractivity contribution in [1.82, 2.24) is 4.57 Å². The molecule has 0 aliphatic rings. The van der Waals surface area contributed by atoms with Crippen LogP contribution in [0, 0.1) is 5.92 Å². The van der Waals surface area contributed by atoms with E-state index in [-0.39, 0.29) is 6.04 Å². The molecular weight excluding hydrogens is 314 g/mol. The molecule has 1 atom stereocenters. The second-order valence-electron chi connectivity index (χ2n) is 4.46. The van der Waals surface area contributed by atoms with Gasteiger partial charge in [-0.2, -0.15) is 0 Å². The van der Waals surface area contributed by atoms with E-state index in [0.717, 1.165) is 4.47 Å². The molecule has 2 aromatic heterocycles. The molecule has 0 aliphatic heterocycles. The predicted molar refractivity (Wildman–Crippen MR) is 76.4 cm³/mol. The molecule has 0 saturated carbocycles. The van der Waals surface area contributed by atoms with Crippen LogP contribution in [0.15, 0.2) is 34.2 Å². The van der Waals surface area contributed by atoms with Gasteiger partial charge in [0.1, 0.15) is 5.69 Å². The Labute approximate surface area is 118 Å². The minimum Gasteiger partial charge on any atom is -0.477 e. The number of hydrogen-bond acceptors (Lipinski definition) is 2. The lowest BCUT2D eigenvalue weighted by molar-refractivity contribution is 0.0682. The first-order valence-electron chi connectivity index (χ1n) is 5.64. The number of aromatic nitrogens is 1. The lowest BCUT2D eigenvalue weighted by atomic mass is 10.0. The maximum absolute atomic E-state index is 11.3. The molecule has 2 heterocycles. The largest absolute Gasteiger partial charge is 0.477 e. The average Bonchev–Trinajstić information content (AvgIpc) is 2.88. The fourth-order valence-corrected chi connectivity index (χ4v) is 3.53. The number of carboxylic acids is 1. The molecule has 0 amide bonds. The van der Waals surface area contributed by atoms with E-state index in [9.17, 15) is 9.90 Å². The molecule has 2 rings (SSSR count). The van der Waals surface area contributed by atoms with Crippen LogP contribution in [-0.4, -0.2) is 15.6 Å². The van der Waals surface area contributed by atoms with Crippen LogP contribution in [0.5, 0.6) is 0 Å². The highest BCUT2D eigenvalue weighted by Crippen LogP contribution is 2.33. The lowest BCUT2D eigenvalue weighted by Gasteiger charge is -2.23. The van der Waals surface area contributed by atoms with Crippen LogP contribution < -0.4 is 0 Å². The van der Waals surface area contributed by atoms with E-state index in [1.807, 2.05) is 22.2 Å². The van der Waals surface area contributed by atoms with E-state index in [2.05, 4.69) is 35.8 Å². The van der Waals surface area contributed by atoms with Gasteiger partial charge in [0, 0.05) is 15.5 Å². The SMILES string of the molecule is CC(C)C(c1cccs1)n1cc(Br)cc1C(=O)O. The summed E-state index contributed by atoms with van der Waals surface area (Å²) >= 11 is 5.01. The molecule has 0 aromatic carbocycles. The quantitative estimate of drug-likeness (QED) is 0.911. The van der Waals surface area contributed by atoms with Crippen LogP contribution in [0.4, 0.5) is 0 Å². The maximum Gasteiger partial charge on any atom is 0.352 e. The van der Waals surface area contributed by atoms with E-state index in [1.54, 1.807) is 17.4 Å². The van der Waals surface area contributed by atoms with E-state index in [4.69, 9.17) is 0 Å². The number of carbonyl (C=O) groups is 1. The van der Waals surface area contributed by atoms with Crippen LogP contribution in [0.3, 0.4) is 0 Å². The molecule has 2 aromatic rings. The van der Waals surface area contributed by atoms with Crippen molar-refractivity contribution in [3.63, 3.8) is 0 Å². The van der Waals surface area contributed by atoms with Crippen molar-refractivity contribution in [3.8, 4) is 0 Å². The third-order valence-corrected chi connectivity index (χ3v) is 4.18. The van der Waals surface area contributed by atoms with Gasteiger partial charge in [-0.1, -0.05) is 19.9 Å². The monoisotopic (exact) mass is 327 g/mol. The molecule has 1 N–H and O–H groups in total. The fourth-order valence-electron chi connectivity index (χ4n) is 2.09. The summed E-state index contributed by atoms with van der Waals surface area (Å²) in [4.78, 5) is 12.5. The Hall–Kier alpha value is -1.07. The van der Waals surface area contributed by atoms with E-state index >= 15 is 0 Å². The van der Waals surface area contributed by atoms with Gasteiger partial charge in [-0.3, -0.25) is 0 Å². The van der Waals surface area contributed by atoms with Gasteiger partial charge >= 0.3 is 5.97 Å². The Morgan fingerprint density at radius 3 is 2.72 bits per heavy atom. The van der Waals surface area contributed by atoms with Crippen molar-refractivity contribution in [1.29, 1.82) is 0 Å². The van der Waals surface area contributed by atoms with Crippen molar-refractivity contribution in [2.75, 3.05) is 0 Å². The fraction of sp³-hybridized carbons (Fsp3) is 0.308. The van der Waals surface area contributed by atoms with Gasteiger partial charge in [0.15, 0.2) is 0 Å². The Bertz CT molecular complexity index is 545. The van der Waals surface area contributed by atoms with Gasteiger partial charge in [-0.15, -0.1) is 11.3 Å². The first-order valence-corrected chi connectivity index (χ1v) is 7.32. The van der Waals surface area contributed by atoms with Crippen molar-refractivity contribution in [3.05, 3.63) is 44.8 Å². The van der Waals surface area contributed by atoms with Crippen LogP contribution in [0.25, 0.3) is 0 Å². The summed E-state index contributed by atoms with van der Waals surface area (Å²) in [6.07, 6.45) is 1.84. The highest BCUT2D eigenvalue weighted by molar-refractivity contribution is 9.10. The third kappa shape index (κ3) is 2.52. The highest BCUT2D eigenvalue weighted by atomic mass is 79.9. The number of halogens is 1. The molecular formula is C13H14BrNO2S.